The lowest BCUT2D eigenvalue weighted by atomic mass is 10.2. The van der Waals surface area contributed by atoms with Crippen LogP contribution in [0.15, 0.2) is 18.2 Å². The zero-order valence-corrected chi connectivity index (χ0v) is 10.2. The Morgan fingerprint density at radius 3 is 2.12 bits per heavy atom. The van der Waals surface area contributed by atoms with Crippen molar-refractivity contribution in [3.05, 3.63) is 28.8 Å². The van der Waals surface area contributed by atoms with Gasteiger partial charge in [-0.05, 0) is 18.2 Å². The molecule has 0 atom stereocenters. The molecule has 0 heterocycles. The Bertz CT molecular complexity index is 323. The van der Waals surface area contributed by atoms with Gasteiger partial charge in [-0.1, -0.05) is 31.9 Å². The SMILES string of the molecule is CCC.CNc1ccc(Cl)c(C(F)(F)F)c1. The Morgan fingerprint density at radius 1 is 1.25 bits per heavy atom. The summed E-state index contributed by atoms with van der Waals surface area (Å²) in [6.07, 6.45) is -3.15. The molecule has 1 aromatic rings. The zero-order chi connectivity index (χ0) is 12.8. The van der Waals surface area contributed by atoms with Crippen molar-refractivity contribution in [2.24, 2.45) is 0 Å². The van der Waals surface area contributed by atoms with E-state index in [1.165, 1.54) is 18.6 Å². The highest BCUT2D eigenvalue weighted by Gasteiger charge is 2.33. The molecule has 0 amide bonds. The molecule has 0 aliphatic heterocycles. The fraction of sp³-hybridized carbons (Fsp3) is 0.455. The van der Waals surface area contributed by atoms with Crippen LogP contribution >= 0.6 is 11.6 Å². The minimum Gasteiger partial charge on any atom is -0.388 e. The van der Waals surface area contributed by atoms with Crippen LogP contribution < -0.4 is 5.32 Å². The first kappa shape index (κ1) is 15.1. The van der Waals surface area contributed by atoms with Gasteiger partial charge in [-0.3, -0.25) is 0 Å². The third kappa shape index (κ3) is 4.75. The molecule has 1 N–H and O–H groups in total. The number of nitrogens with one attached hydrogen (secondary N) is 1. The minimum absolute atomic E-state index is 0.286. The van der Waals surface area contributed by atoms with E-state index in [1.807, 2.05) is 0 Å². The highest BCUT2D eigenvalue weighted by Crippen LogP contribution is 2.35. The van der Waals surface area contributed by atoms with Gasteiger partial charge in [0.15, 0.2) is 0 Å². The second kappa shape index (κ2) is 6.63. The number of halogens is 4. The number of alkyl halides is 3. The molecule has 92 valence electrons. The maximum atomic E-state index is 12.3. The molecule has 5 heteroatoms. The van der Waals surface area contributed by atoms with E-state index >= 15 is 0 Å². The standard InChI is InChI=1S/C8H7ClF3N.C3H8/c1-13-5-2-3-7(9)6(4-5)8(10,11)12;1-3-2/h2-4,13H,1H3;3H2,1-2H3. The van der Waals surface area contributed by atoms with Crippen molar-refractivity contribution in [3.8, 4) is 0 Å². The van der Waals surface area contributed by atoms with E-state index in [0.29, 0.717) is 5.69 Å². The van der Waals surface area contributed by atoms with E-state index in [0.717, 1.165) is 6.07 Å². The summed E-state index contributed by atoms with van der Waals surface area (Å²) < 4.78 is 36.8. The molecule has 0 bridgehead atoms. The van der Waals surface area contributed by atoms with Gasteiger partial charge in [-0.2, -0.15) is 13.2 Å². The van der Waals surface area contributed by atoms with Crippen molar-refractivity contribution >= 4 is 17.3 Å². The summed E-state index contributed by atoms with van der Waals surface area (Å²) in [7, 11) is 1.55. The first-order chi connectivity index (χ1) is 7.36. The lowest BCUT2D eigenvalue weighted by molar-refractivity contribution is -0.137. The zero-order valence-electron chi connectivity index (χ0n) is 9.45. The van der Waals surface area contributed by atoms with Crippen LogP contribution in [0, 0.1) is 0 Å². The molecule has 0 radical (unpaired) electrons. The summed E-state index contributed by atoms with van der Waals surface area (Å²) in [6.45, 7) is 4.25. The molecule has 1 aromatic carbocycles. The van der Waals surface area contributed by atoms with Gasteiger partial charge in [-0.15, -0.1) is 0 Å². The molecule has 0 saturated heterocycles. The quantitative estimate of drug-likeness (QED) is 0.757. The largest absolute Gasteiger partial charge is 0.417 e. The molecule has 0 aliphatic rings. The molecule has 0 aromatic heterocycles. The van der Waals surface area contributed by atoms with E-state index in [1.54, 1.807) is 7.05 Å². The van der Waals surface area contributed by atoms with E-state index < -0.39 is 11.7 Å². The molecule has 0 spiro atoms. The van der Waals surface area contributed by atoms with Crippen LogP contribution in [0.4, 0.5) is 18.9 Å². The molecular formula is C11H15ClF3N. The summed E-state index contributed by atoms with van der Waals surface area (Å²) >= 11 is 5.39. The van der Waals surface area contributed by atoms with Crippen molar-refractivity contribution in [3.63, 3.8) is 0 Å². The van der Waals surface area contributed by atoms with Crippen molar-refractivity contribution in [1.29, 1.82) is 0 Å². The summed E-state index contributed by atoms with van der Waals surface area (Å²) in [5, 5.41) is 2.32. The fourth-order valence-corrected chi connectivity index (χ4v) is 1.12. The average Bonchev–Trinajstić information content (AvgIpc) is 2.18. The molecule has 16 heavy (non-hydrogen) atoms. The molecule has 0 aliphatic carbocycles. The first-order valence-electron chi connectivity index (χ1n) is 4.91. The van der Waals surface area contributed by atoms with Crippen molar-refractivity contribution in [1.82, 2.24) is 0 Å². The fourth-order valence-electron chi connectivity index (χ4n) is 0.898. The third-order valence-electron chi connectivity index (χ3n) is 1.56. The van der Waals surface area contributed by atoms with Gasteiger partial charge in [0.2, 0.25) is 0 Å². The number of hydrogen-bond donors (Lipinski definition) is 1. The van der Waals surface area contributed by atoms with Crippen LogP contribution in [0.25, 0.3) is 0 Å². The Kier molecular flexibility index (Phi) is 6.26. The topological polar surface area (TPSA) is 12.0 Å². The van der Waals surface area contributed by atoms with E-state index in [4.69, 9.17) is 11.6 Å². The summed E-state index contributed by atoms with van der Waals surface area (Å²) in [5.41, 5.74) is -0.433. The van der Waals surface area contributed by atoms with Crippen LogP contribution in [-0.2, 0) is 6.18 Å². The number of anilines is 1. The van der Waals surface area contributed by atoms with Crippen LogP contribution in [0.2, 0.25) is 5.02 Å². The van der Waals surface area contributed by atoms with Crippen molar-refractivity contribution in [2.45, 2.75) is 26.4 Å². The predicted octanol–water partition coefficient (Wildman–Crippen LogP) is 4.82. The maximum Gasteiger partial charge on any atom is 0.417 e. The maximum absolute atomic E-state index is 12.3. The monoisotopic (exact) mass is 253 g/mol. The molecule has 0 saturated carbocycles. The predicted molar refractivity (Wildman–Crippen MR) is 62.0 cm³/mol. The smallest absolute Gasteiger partial charge is 0.388 e. The summed E-state index contributed by atoms with van der Waals surface area (Å²) in [5.74, 6) is 0. The summed E-state index contributed by atoms with van der Waals surface area (Å²) in [4.78, 5) is 0. The average molecular weight is 254 g/mol. The normalized spacial score (nSPS) is 10.4. The Labute approximate surface area is 98.6 Å². The molecule has 1 rings (SSSR count). The van der Waals surface area contributed by atoms with Crippen LogP contribution in [0.5, 0.6) is 0 Å². The van der Waals surface area contributed by atoms with Crippen molar-refractivity contribution in [2.75, 3.05) is 12.4 Å². The molecule has 0 fully saturated rings. The van der Waals surface area contributed by atoms with Gasteiger partial charge in [0, 0.05) is 12.7 Å². The van der Waals surface area contributed by atoms with Crippen LogP contribution in [-0.4, -0.2) is 7.05 Å². The Hall–Kier alpha value is -0.900. The minimum atomic E-state index is -4.40. The van der Waals surface area contributed by atoms with Gasteiger partial charge >= 0.3 is 6.18 Å². The van der Waals surface area contributed by atoms with Gasteiger partial charge < -0.3 is 5.32 Å². The number of benzene rings is 1. The molecular weight excluding hydrogens is 239 g/mol. The second-order valence-corrected chi connectivity index (χ2v) is 3.56. The Balaban J connectivity index is 0.000000673. The summed E-state index contributed by atoms with van der Waals surface area (Å²) in [6, 6.07) is 3.68. The highest BCUT2D eigenvalue weighted by atomic mass is 35.5. The van der Waals surface area contributed by atoms with E-state index in [-0.39, 0.29) is 5.02 Å². The molecule has 1 nitrogen and oxygen atoms in total. The van der Waals surface area contributed by atoms with Crippen molar-refractivity contribution < 1.29 is 13.2 Å². The van der Waals surface area contributed by atoms with Gasteiger partial charge in [0.05, 0.1) is 10.6 Å². The number of hydrogen-bond acceptors (Lipinski definition) is 1. The van der Waals surface area contributed by atoms with Gasteiger partial charge in [0.25, 0.3) is 0 Å². The second-order valence-electron chi connectivity index (χ2n) is 3.15. The van der Waals surface area contributed by atoms with E-state index in [9.17, 15) is 13.2 Å². The lowest BCUT2D eigenvalue weighted by Gasteiger charge is -2.10. The van der Waals surface area contributed by atoms with Crippen LogP contribution in [0.1, 0.15) is 25.8 Å². The Morgan fingerprint density at radius 2 is 1.75 bits per heavy atom. The van der Waals surface area contributed by atoms with Crippen LogP contribution in [0.3, 0.4) is 0 Å². The molecule has 0 unspecified atom stereocenters. The number of rotatable bonds is 1. The highest BCUT2D eigenvalue weighted by molar-refractivity contribution is 6.31. The first-order valence-corrected chi connectivity index (χ1v) is 5.29. The van der Waals surface area contributed by atoms with Gasteiger partial charge in [-0.25, -0.2) is 0 Å². The third-order valence-corrected chi connectivity index (χ3v) is 1.89. The van der Waals surface area contributed by atoms with Gasteiger partial charge in [0.1, 0.15) is 0 Å². The lowest BCUT2D eigenvalue weighted by Crippen LogP contribution is -2.06. The van der Waals surface area contributed by atoms with E-state index in [2.05, 4.69) is 19.2 Å².